The molecule has 0 spiro atoms. The van der Waals surface area contributed by atoms with Gasteiger partial charge in [-0.25, -0.2) is 0 Å². The second-order valence-corrected chi connectivity index (χ2v) is 6.99. The Bertz CT molecular complexity index is 842. The maximum absolute atomic E-state index is 12.2. The number of benzene rings is 2. The molecule has 0 heterocycles. The molecule has 2 aromatic carbocycles. The Morgan fingerprint density at radius 2 is 1.77 bits per heavy atom. The van der Waals surface area contributed by atoms with Gasteiger partial charge in [0, 0.05) is 30.7 Å². The van der Waals surface area contributed by atoms with Gasteiger partial charge >= 0.3 is 0 Å². The van der Waals surface area contributed by atoms with Crippen LogP contribution in [0.4, 0.5) is 0 Å². The molecule has 0 radical (unpaired) electrons. The van der Waals surface area contributed by atoms with Crippen LogP contribution in [0.15, 0.2) is 42.5 Å². The smallest absolute Gasteiger partial charge is 0.251 e. The highest BCUT2D eigenvalue weighted by Crippen LogP contribution is 2.30. The fraction of sp³-hybridized carbons (Fsp3) is 0.364. The average Bonchev–Trinajstić information content (AvgIpc) is 2.74. The molecule has 2 aromatic rings. The Balaban J connectivity index is 1.83. The number of amides is 2. The fourth-order valence-corrected chi connectivity index (χ4v) is 2.82. The third kappa shape index (κ3) is 7.24. The predicted molar refractivity (Wildman–Crippen MR) is 115 cm³/mol. The van der Waals surface area contributed by atoms with Crippen LogP contribution in [0.3, 0.4) is 0 Å². The van der Waals surface area contributed by atoms with E-state index < -0.39 is 0 Å². The minimum Gasteiger partial charge on any atom is -0.493 e. The highest BCUT2D eigenvalue weighted by molar-refractivity contribution is 6.30. The van der Waals surface area contributed by atoms with Crippen molar-refractivity contribution in [2.75, 3.05) is 34.0 Å². The lowest BCUT2D eigenvalue weighted by molar-refractivity contribution is -0.121. The van der Waals surface area contributed by atoms with Gasteiger partial charge in [-0.05, 0) is 48.9 Å². The second kappa shape index (κ2) is 12.0. The molecule has 162 valence electrons. The molecular weight excluding hydrogens is 408 g/mol. The van der Waals surface area contributed by atoms with Gasteiger partial charge in [0.2, 0.25) is 5.91 Å². The summed E-state index contributed by atoms with van der Waals surface area (Å²) in [5.41, 5.74) is 1.37. The van der Waals surface area contributed by atoms with Crippen LogP contribution in [0.5, 0.6) is 11.5 Å². The summed E-state index contributed by atoms with van der Waals surface area (Å²) in [4.78, 5) is 24.3. The molecule has 0 bridgehead atoms. The number of rotatable bonds is 11. The number of carbonyl (C=O) groups is 2. The van der Waals surface area contributed by atoms with Crippen molar-refractivity contribution in [3.05, 3.63) is 58.6 Å². The Morgan fingerprint density at radius 3 is 2.43 bits per heavy atom. The van der Waals surface area contributed by atoms with E-state index in [-0.39, 0.29) is 30.8 Å². The zero-order chi connectivity index (χ0) is 21.9. The van der Waals surface area contributed by atoms with Crippen LogP contribution < -0.4 is 20.1 Å². The monoisotopic (exact) mass is 434 g/mol. The molecule has 0 saturated carbocycles. The van der Waals surface area contributed by atoms with Gasteiger partial charge in [-0.2, -0.15) is 0 Å². The summed E-state index contributed by atoms with van der Waals surface area (Å²) >= 11 is 5.81. The van der Waals surface area contributed by atoms with Gasteiger partial charge in [0.05, 0.1) is 19.8 Å². The summed E-state index contributed by atoms with van der Waals surface area (Å²) < 4.78 is 16.0. The first kappa shape index (κ1) is 23.5. The zero-order valence-electron chi connectivity index (χ0n) is 17.4. The van der Waals surface area contributed by atoms with Gasteiger partial charge in [-0.1, -0.05) is 17.7 Å². The molecule has 0 saturated heterocycles. The van der Waals surface area contributed by atoms with Crippen LogP contribution >= 0.6 is 11.6 Å². The fourth-order valence-electron chi connectivity index (χ4n) is 2.70. The molecular formula is C22H27ClN2O5. The number of hydrogen-bond donors (Lipinski definition) is 2. The van der Waals surface area contributed by atoms with E-state index in [0.29, 0.717) is 35.3 Å². The maximum atomic E-state index is 12.2. The Hall–Kier alpha value is -2.77. The molecule has 0 aliphatic carbocycles. The van der Waals surface area contributed by atoms with Crippen LogP contribution in [0.25, 0.3) is 0 Å². The van der Waals surface area contributed by atoms with Crippen molar-refractivity contribution in [3.63, 3.8) is 0 Å². The normalized spacial score (nSPS) is 11.5. The number of nitrogens with one attached hydrogen (secondary N) is 2. The summed E-state index contributed by atoms with van der Waals surface area (Å²) in [5, 5.41) is 6.20. The van der Waals surface area contributed by atoms with E-state index in [4.69, 9.17) is 25.8 Å². The van der Waals surface area contributed by atoms with Crippen LogP contribution in [0.1, 0.15) is 35.3 Å². The van der Waals surface area contributed by atoms with Crippen LogP contribution in [-0.2, 0) is 9.53 Å². The first-order chi connectivity index (χ1) is 14.4. The maximum Gasteiger partial charge on any atom is 0.251 e. The Labute approximate surface area is 181 Å². The van der Waals surface area contributed by atoms with Crippen molar-refractivity contribution in [1.29, 1.82) is 0 Å². The molecule has 0 aliphatic rings. The quantitative estimate of drug-likeness (QED) is 0.529. The van der Waals surface area contributed by atoms with E-state index in [1.54, 1.807) is 44.6 Å². The van der Waals surface area contributed by atoms with E-state index >= 15 is 0 Å². The van der Waals surface area contributed by atoms with Gasteiger partial charge in [0.15, 0.2) is 11.5 Å². The first-order valence-electron chi connectivity index (χ1n) is 9.57. The molecule has 2 rings (SSSR count). The molecule has 0 aliphatic heterocycles. The van der Waals surface area contributed by atoms with Crippen molar-refractivity contribution in [1.82, 2.24) is 10.6 Å². The molecule has 1 atom stereocenters. The number of methoxy groups -OCH3 is 2. The number of carbonyl (C=O) groups excluding carboxylic acids is 2. The highest BCUT2D eigenvalue weighted by Gasteiger charge is 2.14. The number of hydrogen-bond acceptors (Lipinski definition) is 5. The van der Waals surface area contributed by atoms with E-state index in [2.05, 4.69) is 10.6 Å². The minimum absolute atomic E-state index is 0.166. The topological polar surface area (TPSA) is 85.9 Å². The third-order valence-electron chi connectivity index (χ3n) is 4.35. The minimum atomic E-state index is -0.249. The summed E-state index contributed by atoms with van der Waals surface area (Å²) in [6.07, 6.45) is 0.166. The van der Waals surface area contributed by atoms with Crippen LogP contribution in [0, 0.1) is 0 Å². The van der Waals surface area contributed by atoms with Gasteiger partial charge < -0.3 is 24.8 Å². The molecule has 2 amide bonds. The summed E-state index contributed by atoms with van der Waals surface area (Å²) in [5.74, 6) is 0.779. The zero-order valence-corrected chi connectivity index (χ0v) is 18.1. The van der Waals surface area contributed by atoms with Crippen molar-refractivity contribution in [2.24, 2.45) is 0 Å². The molecule has 30 heavy (non-hydrogen) atoms. The molecule has 0 aromatic heterocycles. The predicted octanol–water partition coefficient (Wildman–Crippen LogP) is 3.37. The van der Waals surface area contributed by atoms with E-state index in [1.165, 1.54) is 0 Å². The van der Waals surface area contributed by atoms with Gasteiger partial charge in [0.1, 0.15) is 6.61 Å². The standard InChI is InChI=1S/C22H27ClN2O5/c1-15(17-6-9-19(20(14-17)29-3)30-13-12-28-2)25-21(26)10-11-24-22(27)16-4-7-18(23)8-5-16/h4-9,14-15H,10-13H2,1-3H3,(H,24,27)(H,25,26). The SMILES string of the molecule is COCCOc1ccc(C(C)NC(=O)CCNC(=O)c2ccc(Cl)cc2)cc1OC. The van der Waals surface area contributed by atoms with Crippen LogP contribution in [-0.4, -0.2) is 45.8 Å². The number of halogens is 1. The van der Waals surface area contributed by atoms with E-state index in [9.17, 15) is 9.59 Å². The third-order valence-corrected chi connectivity index (χ3v) is 4.61. The van der Waals surface area contributed by atoms with Crippen LogP contribution in [0.2, 0.25) is 5.02 Å². The summed E-state index contributed by atoms with van der Waals surface area (Å²) in [6, 6.07) is 11.8. The molecule has 1 unspecified atom stereocenters. The highest BCUT2D eigenvalue weighted by atomic mass is 35.5. The van der Waals surface area contributed by atoms with E-state index in [1.807, 2.05) is 19.1 Å². The molecule has 0 fully saturated rings. The van der Waals surface area contributed by atoms with E-state index in [0.717, 1.165) is 5.56 Å². The molecule has 8 heteroatoms. The van der Waals surface area contributed by atoms with Crippen molar-refractivity contribution < 1.29 is 23.8 Å². The van der Waals surface area contributed by atoms with Gasteiger partial charge in [-0.3, -0.25) is 9.59 Å². The van der Waals surface area contributed by atoms with Crippen molar-refractivity contribution in [3.8, 4) is 11.5 Å². The molecule has 2 N–H and O–H groups in total. The average molecular weight is 435 g/mol. The van der Waals surface area contributed by atoms with Crippen molar-refractivity contribution >= 4 is 23.4 Å². The lowest BCUT2D eigenvalue weighted by Gasteiger charge is -2.17. The van der Waals surface area contributed by atoms with Gasteiger partial charge in [-0.15, -0.1) is 0 Å². The summed E-state index contributed by atoms with van der Waals surface area (Å²) in [7, 11) is 3.17. The summed E-state index contributed by atoms with van der Waals surface area (Å²) in [6.45, 7) is 3.01. The number of ether oxygens (including phenoxy) is 3. The van der Waals surface area contributed by atoms with Crippen molar-refractivity contribution in [2.45, 2.75) is 19.4 Å². The van der Waals surface area contributed by atoms with Gasteiger partial charge in [0.25, 0.3) is 5.91 Å². The largest absolute Gasteiger partial charge is 0.493 e. The Kier molecular flexibility index (Phi) is 9.44. The lowest BCUT2D eigenvalue weighted by Crippen LogP contribution is -2.32. The Morgan fingerprint density at radius 1 is 1.03 bits per heavy atom. The first-order valence-corrected chi connectivity index (χ1v) is 9.95. The lowest BCUT2D eigenvalue weighted by atomic mass is 10.1. The molecule has 7 nitrogen and oxygen atoms in total. The second-order valence-electron chi connectivity index (χ2n) is 6.55.